The number of aryl methyl sites for hydroxylation is 4. The molecule has 37 heavy (non-hydrogen) atoms. The van der Waals surface area contributed by atoms with Gasteiger partial charge in [0.05, 0.1) is 0 Å². The molecule has 0 aromatic heterocycles. The molecule has 4 rings (SSSR count). The van der Waals surface area contributed by atoms with E-state index in [4.69, 9.17) is 20.9 Å². The number of rotatable bonds is 10. The molecule has 0 saturated heterocycles. The van der Waals surface area contributed by atoms with Crippen molar-refractivity contribution in [1.29, 1.82) is 0 Å². The van der Waals surface area contributed by atoms with Crippen LogP contribution in [0, 0.1) is 0 Å². The van der Waals surface area contributed by atoms with Gasteiger partial charge in [0, 0.05) is 11.4 Å². The van der Waals surface area contributed by atoms with E-state index in [0.29, 0.717) is 0 Å². The van der Waals surface area contributed by atoms with Crippen molar-refractivity contribution in [3.05, 3.63) is 106 Å². The van der Waals surface area contributed by atoms with Gasteiger partial charge in [0.2, 0.25) is 0 Å². The number of hydrogen-bond donors (Lipinski definition) is 2. The van der Waals surface area contributed by atoms with Crippen LogP contribution in [-0.4, -0.2) is 0 Å². The molecule has 4 aromatic rings. The van der Waals surface area contributed by atoms with Gasteiger partial charge in [-0.05, 0) is 114 Å². The lowest BCUT2D eigenvalue weighted by atomic mass is 10.0. The molecule has 4 N–H and O–H groups in total. The van der Waals surface area contributed by atoms with Gasteiger partial charge in [0.15, 0.2) is 0 Å². The Kier molecular flexibility index (Phi) is 8.39. The van der Waals surface area contributed by atoms with Gasteiger partial charge < -0.3 is 20.9 Å². The molecule has 0 spiro atoms. The average Bonchev–Trinajstić information content (AvgIpc) is 2.92. The highest BCUT2D eigenvalue weighted by atomic mass is 16.5. The van der Waals surface area contributed by atoms with Crippen molar-refractivity contribution < 1.29 is 9.47 Å². The SMILES string of the molecule is CCc1cc(Oc2ccc(Cc3ccc(Oc4cc(CC)c(N)c(CC)c4)cc3)cc2)cc(CC)c1N. The highest BCUT2D eigenvalue weighted by Gasteiger charge is 2.09. The van der Waals surface area contributed by atoms with Crippen LogP contribution in [0.3, 0.4) is 0 Å². The largest absolute Gasteiger partial charge is 0.457 e. The minimum Gasteiger partial charge on any atom is -0.457 e. The Balaban J connectivity index is 1.41. The highest BCUT2D eigenvalue weighted by molar-refractivity contribution is 5.59. The molecule has 192 valence electrons. The molecule has 4 aromatic carbocycles. The van der Waals surface area contributed by atoms with E-state index in [0.717, 1.165) is 88.7 Å². The molecule has 0 fully saturated rings. The molecule has 4 heteroatoms. The van der Waals surface area contributed by atoms with Crippen LogP contribution in [0.25, 0.3) is 0 Å². The van der Waals surface area contributed by atoms with Crippen molar-refractivity contribution in [2.45, 2.75) is 59.8 Å². The predicted molar refractivity (Wildman–Crippen MR) is 155 cm³/mol. The first-order valence-corrected chi connectivity index (χ1v) is 13.3. The molecular weight excluding hydrogens is 456 g/mol. The first-order valence-electron chi connectivity index (χ1n) is 13.3. The molecule has 0 bridgehead atoms. The minimum atomic E-state index is 0.822. The molecule has 0 unspecified atom stereocenters. The molecule has 0 radical (unpaired) electrons. The number of anilines is 2. The van der Waals surface area contributed by atoms with Crippen LogP contribution in [0.15, 0.2) is 72.8 Å². The third-order valence-electron chi connectivity index (χ3n) is 6.90. The predicted octanol–water partition coefficient (Wildman–Crippen LogP) is 8.28. The molecule has 0 amide bonds. The Bertz CT molecular complexity index is 1190. The fourth-order valence-corrected chi connectivity index (χ4v) is 4.64. The van der Waals surface area contributed by atoms with Crippen LogP contribution in [-0.2, 0) is 32.1 Å². The van der Waals surface area contributed by atoms with Crippen LogP contribution in [0.1, 0.15) is 61.1 Å². The molecule has 4 nitrogen and oxygen atoms in total. The van der Waals surface area contributed by atoms with E-state index in [-0.39, 0.29) is 0 Å². The summed E-state index contributed by atoms with van der Waals surface area (Å²) in [6, 6.07) is 24.7. The van der Waals surface area contributed by atoms with Crippen LogP contribution >= 0.6 is 0 Å². The van der Waals surface area contributed by atoms with E-state index in [9.17, 15) is 0 Å². The maximum atomic E-state index is 6.27. The van der Waals surface area contributed by atoms with Crippen LogP contribution < -0.4 is 20.9 Å². The van der Waals surface area contributed by atoms with E-state index < -0.39 is 0 Å². The molecule has 0 atom stereocenters. The van der Waals surface area contributed by atoms with E-state index in [1.807, 2.05) is 48.5 Å². The van der Waals surface area contributed by atoms with Gasteiger partial charge >= 0.3 is 0 Å². The summed E-state index contributed by atoms with van der Waals surface area (Å²) in [6.45, 7) is 8.46. The van der Waals surface area contributed by atoms with Crippen molar-refractivity contribution in [1.82, 2.24) is 0 Å². The zero-order valence-electron chi connectivity index (χ0n) is 22.4. The number of nitrogen functional groups attached to an aromatic ring is 2. The van der Waals surface area contributed by atoms with Crippen molar-refractivity contribution in [3.8, 4) is 23.0 Å². The second-order valence-corrected chi connectivity index (χ2v) is 9.39. The summed E-state index contributed by atoms with van der Waals surface area (Å²) in [5, 5.41) is 0. The summed E-state index contributed by atoms with van der Waals surface area (Å²) in [6.07, 6.45) is 4.39. The summed E-state index contributed by atoms with van der Waals surface area (Å²) in [7, 11) is 0. The molecule has 0 aliphatic rings. The number of nitrogens with two attached hydrogens (primary N) is 2. The second kappa shape index (κ2) is 11.9. The van der Waals surface area contributed by atoms with Crippen molar-refractivity contribution in [2.24, 2.45) is 0 Å². The first-order chi connectivity index (χ1) is 17.9. The first kappa shape index (κ1) is 26.2. The lowest BCUT2D eigenvalue weighted by Crippen LogP contribution is -2.00. The molecule has 0 aliphatic carbocycles. The van der Waals surface area contributed by atoms with Crippen molar-refractivity contribution >= 4 is 11.4 Å². The third kappa shape index (κ3) is 6.26. The Hall–Kier alpha value is -3.92. The standard InChI is InChI=1S/C33H38N2O2/c1-5-24-18-30(19-25(6-2)32(24)34)36-28-13-9-22(10-14-28)17-23-11-15-29(16-12-23)37-31-20-26(7-3)33(35)27(8-4)21-31/h9-16,18-21H,5-8,17,34-35H2,1-4H3. The van der Waals surface area contributed by atoms with Crippen LogP contribution in [0.4, 0.5) is 11.4 Å². The molecular formula is C33H38N2O2. The fourth-order valence-electron chi connectivity index (χ4n) is 4.64. The van der Waals surface area contributed by atoms with E-state index in [2.05, 4.69) is 52.0 Å². The maximum Gasteiger partial charge on any atom is 0.128 e. The second-order valence-electron chi connectivity index (χ2n) is 9.39. The Morgan fingerprint density at radius 2 is 0.757 bits per heavy atom. The summed E-state index contributed by atoms with van der Waals surface area (Å²) < 4.78 is 12.3. The fraction of sp³-hybridized carbons (Fsp3) is 0.273. The van der Waals surface area contributed by atoms with Crippen molar-refractivity contribution in [2.75, 3.05) is 11.5 Å². The minimum absolute atomic E-state index is 0.822. The van der Waals surface area contributed by atoms with Gasteiger partial charge in [-0.1, -0.05) is 52.0 Å². The van der Waals surface area contributed by atoms with Gasteiger partial charge in [0.25, 0.3) is 0 Å². The van der Waals surface area contributed by atoms with Gasteiger partial charge in [-0.2, -0.15) is 0 Å². The topological polar surface area (TPSA) is 70.5 Å². The van der Waals surface area contributed by atoms with Gasteiger partial charge in [-0.25, -0.2) is 0 Å². The molecule has 0 saturated carbocycles. The van der Waals surface area contributed by atoms with Crippen LogP contribution in [0.5, 0.6) is 23.0 Å². The number of hydrogen-bond acceptors (Lipinski definition) is 4. The lowest BCUT2D eigenvalue weighted by molar-refractivity contribution is 0.481. The van der Waals surface area contributed by atoms with Crippen molar-refractivity contribution in [3.63, 3.8) is 0 Å². The average molecular weight is 495 g/mol. The zero-order valence-corrected chi connectivity index (χ0v) is 22.4. The smallest absolute Gasteiger partial charge is 0.128 e. The summed E-state index contributed by atoms with van der Waals surface area (Å²) in [5.41, 5.74) is 21.3. The van der Waals surface area contributed by atoms with E-state index in [1.54, 1.807) is 0 Å². The Morgan fingerprint density at radius 3 is 1.03 bits per heavy atom. The van der Waals surface area contributed by atoms with Gasteiger partial charge in [-0.15, -0.1) is 0 Å². The summed E-state index contributed by atoms with van der Waals surface area (Å²) in [4.78, 5) is 0. The summed E-state index contributed by atoms with van der Waals surface area (Å²) >= 11 is 0. The monoisotopic (exact) mass is 494 g/mol. The maximum absolute atomic E-state index is 6.27. The lowest BCUT2D eigenvalue weighted by Gasteiger charge is -2.14. The van der Waals surface area contributed by atoms with E-state index in [1.165, 1.54) is 11.1 Å². The number of benzene rings is 4. The van der Waals surface area contributed by atoms with E-state index >= 15 is 0 Å². The Labute approximate surface area is 221 Å². The normalized spacial score (nSPS) is 10.9. The molecule has 0 aliphatic heterocycles. The zero-order chi connectivity index (χ0) is 26.4. The number of ether oxygens (including phenoxy) is 2. The van der Waals surface area contributed by atoms with Gasteiger partial charge in [0.1, 0.15) is 23.0 Å². The summed E-state index contributed by atoms with van der Waals surface area (Å²) in [5.74, 6) is 3.32. The van der Waals surface area contributed by atoms with Gasteiger partial charge in [-0.3, -0.25) is 0 Å². The quantitative estimate of drug-likeness (QED) is 0.218. The highest BCUT2D eigenvalue weighted by Crippen LogP contribution is 2.31. The Morgan fingerprint density at radius 1 is 0.459 bits per heavy atom. The van der Waals surface area contributed by atoms with Crippen LogP contribution in [0.2, 0.25) is 0 Å². The molecule has 0 heterocycles. The third-order valence-corrected chi connectivity index (χ3v) is 6.90.